The van der Waals surface area contributed by atoms with Gasteiger partial charge < -0.3 is 15.1 Å². The lowest BCUT2D eigenvalue weighted by Gasteiger charge is -2.28. The van der Waals surface area contributed by atoms with Gasteiger partial charge >= 0.3 is 0 Å². The fourth-order valence-electron chi connectivity index (χ4n) is 3.48. The summed E-state index contributed by atoms with van der Waals surface area (Å²) < 4.78 is 0. The van der Waals surface area contributed by atoms with Crippen LogP contribution in [0.5, 0.6) is 0 Å². The molecule has 3 heterocycles. The molecule has 4 rings (SSSR count). The molecule has 29 heavy (non-hydrogen) atoms. The summed E-state index contributed by atoms with van der Waals surface area (Å²) in [5.74, 6) is 2.67. The molecule has 2 aromatic rings. The van der Waals surface area contributed by atoms with E-state index in [0.29, 0.717) is 17.2 Å². The minimum Gasteiger partial charge on any atom is -0.362 e. The molecule has 150 valence electrons. The number of pyridine rings is 1. The normalized spacial score (nSPS) is 19.2. The van der Waals surface area contributed by atoms with E-state index in [4.69, 9.17) is 5.26 Å². The number of nitrogens with one attached hydrogen (secondary N) is 1. The van der Waals surface area contributed by atoms with Crippen LogP contribution in [-0.2, 0) is 4.79 Å². The standard InChI is InChI=1S/C20H21N5O2S2/c21-9-15-11-29-13-25(15)19(26)10-23-20(27)16-4-5-22-18-3-2-14(8-17(16)18)24-6-1-7-28-12-24/h2-5,8,15H,1,6-7,10-13H2,(H,23,27)/t15-/m1/s1. The monoisotopic (exact) mass is 427 g/mol. The van der Waals surface area contributed by atoms with Gasteiger partial charge in [-0.15, -0.1) is 23.5 Å². The third kappa shape index (κ3) is 4.28. The second-order valence-electron chi connectivity index (χ2n) is 6.91. The van der Waals surface area contributed by atoms with Crippen molar-refractivity contribution in [2.75, 3.05) is 41.2 Å². The number of hydrogen-bond donors (Lipinski definition) is 1. The molecule has 0 saturated carbocycles. The lowest BCUT2D eigenvalue weighted by molar-refractivity contribution is -0.129. The highest BCUT2D eigenvalue weighted by Gasteiger charge is 2.29. The van der Waals surface area contributed by atoms with E-state index in [0.717, 1.165) is 35.4 Å². The van der Waals surface area contributed by atoms with E-state index in [-0.39, 0.29) is 18.4 Å². The van der Waals surface area contributed by atoms with Gasteiger partial charge in [0.2, 0.25) is 5.91 Å². The van der Waals surface area contributed by atoms with Crippen LogP contribution < -0.4 is 10.2 Å². The molecule has 9 heteroatoms. The Labute approximate surface area is 177 Å². The molecule has 1 N–H and O–H groups in total. The predicted molar refractivity (Wildman–Crippen MR) is 117 cm³/mol. The van der Waals surface area contributed by atoms with Crippen LogP contribution in [0.2, 0.25) is 0 Å². The number of rotatable bonds is 4. The van der Waals surface area contributed by atoms with Crippen LogP contribution in [0.3, 0.4) is 0 Å². The minimum absolute atomic E-state index is 0.121. The molecule has 2 fully saturated rings. The van der Waals surface area contributed by atoms with Crippen molar-refractivity contribution < 1.29 is 9.59 Å². The van der Waals surface area contributed by atoms with E-state index in [1.165, 1.54) is 10.7 Å². The Balaban J connectivity index is 1.51. The zero-order valence-electron chi connectivity index (χ0n) is 15.8. The second kappa shape index (κ2) is 8.93. The Kier molecular flexibility index (Phi) is 6.11. The first-order valence-corrected chi connectivity index (χ1v) is 11.7. The maximum atomic E-state index is 12.8. The van der Waals surface area contributed by atoms with Gasteiger partial charge in [-0.25, -0.2) is 0 Å². The summed E-state index contributed by atoms with van der Waals surface area (Å²) in [6.07, 6.45) is 2.75. The maximum Gasteiger partial charge on any atom is 0.252 e. The fraction of sp³-hybridized carbons (Fsp3) is 0.400. The molecule has 0 radical (unpaired) electrons. The zero-order chi connectivity index (χ0) is 20.2. The SMILES string of the molecule is N#C[C@@H]1CSCN1C(=O)CNC(=O)c1ccnc2ccc(N3CCCSC3)cc12. The highest BCUT2D eigenvalue weighted by molar-refractivity contribution is 7.99. The van der Waals surface area contributed by atoms with Crippen molar-refractivity contribution in [3.63, 3.8) is 0 Å². The van der Waals surface area contributed by atoms with Crippen LogP contribution in [0.25, 0.3) is 10.9 Å². The van der Waals surface area contributed by atoms with Gasteiger partial charge in [0, 0.05) is 29.6 Å². The molecule has 2 aliphatic rings. The number of amides is 2. The van der Waals surface area contributed by atoms with Crippen LogP contribution in [-0.4, -0.2) is 64.1 Å². The van der Waals surface area contributed by atoms with Crippen molar-refractivity contribution in [3.05, 3.63) is 36.0 Å². The van der Waals surface area contributed by atoms with Gasteiger partial charge in [-0.05, 0) is 36.4 Å². The van der Waals surface area contributed by atoms with E-state index >= 15 is 0 Å². The summed E-state index contributed by atoms with van der Waals surface area (Å²) >= 11 is 3.45. The van der Waals surface area contributed by atoms with E-state index in [9.17, 15) is 9.59 Å². The average Bonchev–Trinajstić information content (AvgIpc) is 3.26. The molecule has 2 aliphatic heterocycles. The van der Waals surface area contributed by atoms with E-state index < -0.39 is 6.04 Å². The number of nitriles is 1. The van der Waals surface area contributed by atoms with E-state index in [1.807, 2.05) is 30.0 Å². The molecular weight excluding hydrogens is 406 g/mol. The Hall–Kier alpha value is -2.44. The number of nitrogens with zero attached hydrogens (tertiary/aromatic N) is 4. The highest BCUT2D eigenvalue weighted by atomic mass is 32.2. The molecule has 1 aromatic heterocycles. The van der Waals surface area contributed by atoms with Crippen LogP contribution in [0.15, 0.2) is 30.5 Å². The number of thioether (sulfide) groups is 2. The first-order chi connectivity index (χ1) is 14.2. The Morgan fingerprint density at radius 3 is 2.97 bits per heavy atom. The van der Waals surface area contributed by atoms with Crippen molar-refractivity contribution in [2.24, 2.45) is 0 Å². The minimum atomic E-state index is -0.420. The van der Waals surface area contributed by atoms with Crippen LogP contribution in [0.4, 0.5) is 5.69 Å². The number of carbonyl (C=O) groups excluding carboxylic acids is 2. The average molecular weight is 428 g/mol. The summed E-state index contributed by atoms with van der Waals surface area (Å²) in [6, 6.07) is 9.38. The van der Waals surface area contributed by atoms with Crippen molar-refractivity contribution in [2.45, 2.75) is 12.5 Å². The zero-order valence-corrected chi connectivity index (χ0v) is 17.5. The highest BCUT2D eigenvalue weighted by Crippen LogP contribution is 2.27. The molecular formula is C20H21N5O2S2. The molecule has 0 spiro atoms. The number of aromatic nitrogens is 1. The van der Waals surface area contributed by atoms with Crippen molar-refractivity contribution in [3.8, 4) is 6.07 Å². The van der Waals surface area contributed by atoms with Gasteiger partial charge in [-0.1, -0.05) is 0 Å². The number of benzene rings is 1. The second-order valence-corrected chi connectivity index (χ2v) is 8.98. The first-order valence-electron chi connectivity index (χ1n) is 9.44. The molecule has 1 aromatic carbocycles. The van der Waals surface area contributed by atoms with Crippen LogP contribution >= 0.6 is 23.5 Å². The van der Waals surface area contributed by atoms with E-state index in [2.05, 4.69) is 21.3 Å². The first kappa shape index (κ1) is 19.9. The molecule has 0 bridgehead atoms. The van der Waals surface area contributed by atoms with Crippen LogP contribution in [0.1, 0.15) is 16.8 Å². The Morgan fingerprint density at radius 2 is 2.17 bits per heavy atom. The smallest absolute Gasteiger partial charge is 0.252 e. The summed E-state index contributed by atoms with van der Waals surface area (Å²) in [7, 11) is 0. The van der Waals surface area contributed by atoms with Crippen molar-refractivity contribution in [1.82, 2.24) is 15.2 Å². The van der Waals surface area contributed by atoms with Crippen molar-refractivity contribution >= 4 is 51.9 Å². The molecule has 2 amide bonds. The molecule has 7 nitrogen and oxygen atoms in total. The van der Waals surface area contributed by atoms with Crippen LogP contribution in [0, 0.1) is 11.3 Å². The number of hydrogen-bond acceptors (Lipinski definition) is 7. The summed E-state index contributed by atoms with van der Waals surface area (Å²) in [5, 5.41) is 12.6. The Bertz CT molecular complexity index is 971. The summed E-state index contributed by atoms with van der Waals surface area (Å²) in [4.78, 5) is 33.4. The quantitative estimate of drug-likeness (QED) is 0.801. The molecule has 0 unspecified atom stereocenters. The van der Waals surface area contributed by atoms with Gasteiger partial charge in [-0.2, -0.15) is 5.26 Å². The summed E-state index contributed by atoms with van der Waals surface area (Å²) in [5.41, 5.74) is 2.33. The third-order valence-electron chi connectivity index (χ3n) is 5.05. The van der Waals surface area contributed by atoms with Crippen molar-refractivity contribution in [1.29, 1.82) is 5.26 Å². The Morgan fingerprint density at radius 1 is 1.28 bits per heavy atom. The fourth-order valence-corrected chi connectivity index (χ4v) is 5.54. The summed E-state index contributed by atoms with van der Waals surface area (Å²) in [6.45, 7) is 0.881. The van der Waals surface area contributed by atoms with Gasteiger partial charge in [0.05, 0.1) is 35.4 Å². The third-order valence-corrected chi connectivity index (χ3v) is 7.13. The molecule has 1 atom stereocenters. The predicted octanol–water partition coefficient (Wildman–Crippen LogP) is 2.29. The van der Waals surface area contributed by atoms with Gasteiger partial charge in [0.15, 0.2) is 0 Å². The lowest BCUT2D eigenvalue weighted by atomic mass is 10.1. The van der Waals surface area contributed by atoms with Gasteiger partial charge in [0.25, 0.3) is 5.91 Å². The van der Waals surface area contributed by atoms with Gasteiger partial charge in [-0.3, -0.25) is 14.6 Å². The lowest BCUT2D eigenvalue weighted by Crippen LogP contribution is -2.42. The number of anilines is 1. The maximum absolute atomic E-state index is 12.8. The van der Waals surface area contributed by atoms with Gasteiger partial charge in [0.1, 0.15) is 6.04 Å². The number of carbonyl (C=O) groups is 2. The molecule has 0 aliphatic carbocycles. The van der Waals surface area contributed by atoms with E-state index in [1.54, 1.807) is 24.0 Å². The largest absolute Gasteiger partial charge is 0.362 e. The molecule has 2 saturated heterocycles. The number of fused-ring (bicyclic) bond motifs is 1. The topological polar surface area (TPSA) is 89.3 Å².